The normalized spacial score (nSPS) is 10.3. The Balaban J connectivity index is 1.70. The van der Waals surface area contributed by atoms with Crippen LogP contribution in [0.3, 0.4) is 0 Å². The second-order valence-electron chi connectivity index (χ2n) is 4.94. The smallest absolute Gasteiger partial charge is 0.269 e. The number of halogens is 1. The fourth-order valence-electron chi connectivity index (χ4n) is 1.95. The first-order chi connectivity index (χ1) is 12.1. The van der Waals surface area contributed by atoms with Crippen molar-refractivity contribution >= 4 is 40.8 Å². The van der Waals surface area contributed by atoms with E-state index in [0.717, 1.165) is 4.90 Å². The molecule has 0 saturated carbocycles. The first-order valence-electron chi connectivity index (χ1n) is 7.29. The van der Waals surface area contributed by atoms with Gasteiger partial charge in [-0.15, -0.1) is 0 Å². The summed E-state index contributed by atoms with van der Waals surface area (Å²) in [6, 6.07) is 16.2. The van der Waals surface area contributed by atoms with Crippen LogP contribution in [0.5, 0.6) is 0 Å². The lowest BCUT2D eigenvalue weighted by Crippen LogP contribution is -2.30. The number of anilines is 2. The van der Waals surface area contributed by atoms with Crippen molar-refractivity contribution in [3.05, 3.63) is 71.5 Å². The van der Waals surface area contributed by atoms with Gasteiger partial charge in [0, 0.05) is 15.5 Å². The summed E-state index contributed by atoms with van der Waals surface area (Å²) in [6.07, 6.45) is 1.38. The van der Waals surface area contributed by atoms with E-state index in [1.54, 1.807) is 36.4 Å². The van der Waals surface area contributed by atoms with Crippen molar-refractivity contribution in [2.75, 3.05) is 11.2 Å². The molecule has 4 N–H and O–H groups in total. The molecule has 1 amide bonds. The SMILES string of the molecule is Nc1c(NNC(=O)c2ccccc2)ncnc1Sc1ccc(Cl)cc1. The Hall–Kier alpha value is -2.77. The van der Waals surface area contributed by atoms with Gasteiger partial charge in [-0.3, -0.25) is 15.6 Å². The van der Waals surface area contributed by atoms with Crippen molar-refractivity contribution in [3.8, 4) is 0 Å². The second-order valence-corrected chi connectivity index (χ2v) is 6.44. The monoisotopic (exact) mass is 371 g/mol. The third-order valence-electron chi connectivity index (χ3n) is 3.21. The average Bonchev–Trinajstić information content (AvgIpc) is 2.64. The lowest BCUT2D eigenvalue weighted by molar-refractivity contribution is 0.0962. The van der Waals surface area contributed by atoms with Crippen LogP contribution in [0.1, 0.15) is 10.4 Å². The third-order valence-corrected chi connectivity index (χ3v) is 4.48. The summed E-state index contributed by atoms with van der Waals surface area (Å²) in [5.74, 6) is 0.0428. The van der Waals surface area contributed by atoms with Crippen LogP contribution >= 0.6 is 23.4 Å². The zero-order valence-corrected chi connectivity index (χ0v) is 14.5. The van der Waals surface area contributed by atoms with E-state index in [1.807, 2.05) is 18.2 Å². The second kappa shape index (κ2) is 7.87. The van der Waals surface area contributed by atoms with E-state index in [9.17, 15) is 4.79 Å². The number of hydrogen-bond acceptors (Lipinski definition) is 6. The maximum Gasteiger partial charge on any atom is 0.269 e. The molecule has 0 fully saturated rings. The lowest BCUT2D eigenvalue weighted by atomic mass is 10.2. The van der Waals surface area contributed by atoms with E-state index >= 15 is 0 Å². The van der Waals surface area contributed by atoms with Gasteiger partial charge in [0.15, 0.2) is 5.82 Å². The summed E-state index contributed by atoms with van der Waals surface area (Å²) in [5.41, 5.74) is 12.3. The Labute approximate surface area is 153 Å². The van der Waals surface area contributed by atoms with Crippen LogP contribution in [0.25, 0.3) is 0 Å². The van der Waals surface area contributed by atoms with Crippen LogP contribution < -0.4 is 16.6 Å². The number of benzene rings is 2. The number of rotatable bonds is 5. The van der Waals surface area contributed by atoms with Gasteiger partial charge in [-0.25, -0.2) is 9.97 Å². The molecule has 0 spiro atoms. The maximum atomic E-state index is 12.1. The highest BCUT2D eigenvalue weighted by Gasteiger charge is 2.11. The average molecular weight is 372 g/mol. The van der Waals surface area contributed by atoms with Gasteiger partial charge >= 0.3 is 0 Å². The fraction of sp³-hybridized carbons (Fsp3) is 0. The number of amides is 1. The van der Waals surface area contributed by atoms with Gasteiger partial charge in [-0.1, -0.05) is 41.6 Å². The van der Waals surface area contributed by atoms with Gasteiger partial charge in [-0.05, 0) is 36.4 Å². The fourth-order valence-corrected chi connectivity index (χ4v) is 2.88. The van der Waals surface area contributed by atoms with E-state index in [4.69, 9.17) is 17.3 Å². The largest absolute Gasteiger partial charge is 0.393 e. The number of nitrogen functional groups attached to an aromatic ring is 1. The Morgan fingerprint density at radius 3 is 2.48 bits per heavy atom. The molecule has 1 aromatic heterocycles. The lowest BCUT2D eigenvalue weighted by Gasteiger charge is -2.11. The van der Waals surface area contributed by atoms with Crippen molar-refractivity contribution in [1.82, 2.24) is 15.4 Å². The highest BCUT2D eigenvalue weighted by molar-refractivity contribution is 7.99. The van der Waals surface area contributed by atoms with E-state index in [-0.39, 0.29) is 5.91 Å². The Bertz CT molecular complexity index is 874. The number of nitrogens with two attached hydrogens (primary N) is 1. The van der Waals surface area contributed by atoms with Crippen molar-refractivity contribution in [3.63, 3.8) is 0 Å². The Morgan fingerprint density at radius 1 is 1.04 bits per heavy atom. The van der Waals surface area contributed by atoms with Crippen LogP contribution in [-0.4, -0.2) is 15.9 Å². The van der Waals surface area contributed by atoms with Gasteiger partial charge < -0.3 is 5.73 Å². The molecule has 3 aromatic rings. The zero-order valence-electron chi connectivity index (χ0n) is 12.9. The van der Waals surface area contributed by atoms with Gasteiger partial charge in [0.2, 0.25) is 0 Å². The predicted molar refractivity (Wildman–Crippen MR) is 99.6 cm³/mol. The summed E-state index contributed by atoms with van der Waals surface area (Å²) in [5, 5.41) is 1.24. The van der Waals surface area contributed by atoms with E-state index in [2.05, 4.69) is 20.8 Å². The van der Waals surface area contributed by atoms with Crippen LogP contribution in [0.4, 0.5) is 11.5 Å². The molecule has 6 nitrogen and oxygen atoms in total. The molecule has 25 heavy (non-hydrogen) atoms. The minimum absolute atomic E-state index is 0.287. The summed E-state index contributed by atoms with van der Waals surface area (Å²) < 4.78 is 0. The predicted octanol–water partition coefficient (Wildman–Crippen LogP) is 3.62. The molecule has 8 heteroatoms. The molecule has 0 radical (unpaired) electrons. The molecular formula is C17H14ClN5OS. The Kier molecular flexibility index (Phi) is 5.37. The summed E-state index contributed by atoms with van der Waals surface area (Å²) in [6.45, 7) is 0. The van der Waals surface area contributed by atoms with Crippen LogP contribution in [0.15, 0.2) is 70.8 Å². The number of carbonyl (C=O) groups is 1. The first-order valence-corrected chi connectivity index (χ1v) is 8.48. The molecule has 0 bridgehead atoms. The molecule has 3 rings (SSSR count). The molecular weight excluding hydrogens is 358 g/mol. The number of carbonyl (C=O) groups excluding carboxylic acids is 1. The van der Waals surface area contributed by atoms with E-state index < -0.39 is 0 Å². The van der Waals surface area contributed by atoms with Crippen molar-refractivity contribution in [2.45, 2.75) is 9.92 Å². The molecule has 0 aliphatic rings. The molecule has 1 heterocycles. The molecule has 0 saturated heterocycles. The highest BCUT2D eigenvalue weighted by atomic mass is 35.5. The topological polar surface area (TPSA) is 92.9 Å². The van der Waals surface area contributed by atoms with Crippen molar-refractivity contribution in [2.24, 2.45) is 0 Å². The van der Waals surface area contributed by atoms with Crippen molar-refractivity contribution in [1.29, 1.82) is 0 Å². The van der Waals surface area contributed by atoms with Crippen LogP contribution in [0.2, 0.25) is 5.02 Å². The number of nitrogens with one attached hydrogen (secondary N) is 2. The third kappa shape index (κ3) is 4.40. The van der Waals surface area contributed by atoms with Gasteiger partial charge in [0.05, 0.1) is 0 Å². The highest BCUT2D eigenvalue weighted by Crippen LogP contribution is 2.33. The van der Waals surface area contributed by atoms with Crippen LogP contribution in [0, 0.1) is 0 Å². The van der Waals surface area contributed by atoms with Gasteiger partial charge in [0.1, 0.15) is 17.0 Å². The molecule has 0 aliphatic heterocycles. The molecule has 0 atom stereocenters. The summed E-state index contributed by atoms with van der Waals surface area (Å²) in [7, 11) is 0. The summed E-state index contributed by atoms with van der Waals surface area (Å²) >= 11 is 7.26. The quantitative estimate of drug-likeness (QED) is 0.468. The number of nitrogens with zero attached hydrogens (tertiary/aromatic N) is 2. The van der Waals surface area contributed by atoms with Crippen molar-refractivity contribution < 1.29 is 4.79 Å². The summed E-state index contributed by atoms with van der Waals surface area (Å²) in [4.78, 5) is 21.2. The number of aromatic nitrogens is 2. The number of hydrogen-bond donors (Lipinski definition) is 3. The van der Waals surface area contributed by atoms with Crippen LogP contribution in [-0.2, 0) is 0 Å². The first kappa shape index (κ1) is 17.1. The van der Waals surface area contributed by atoms with E-state index in [1.165, 1.54) is 18.1 Å². The zero-order chi connectivity index (χ0) is 17.6. The number of hydrazine groups is 1. The standard InChI is InChI=1S/C17H14ClN5OS/c18-12-6-8-13(9-7-12)25-17-14(19)15(20-10-21-17)22-23-16(24)11-4-2-1-3-5-11/h1-10H,19H2,(H,23,24)(H,20,21,22). The Morgan fingerprint density at radius 2 is 1.76 bits per heavy atom. The van der Waals surface area contributed by atoms with Gasteiger partial charge in [0.25, 0.3) is 5.91 Å². The molecule has 0 unspecified atom stereocenters. The molecule has 2 aromatic carbocycles. The minimum atomic E-state index is -0.287. The molecule has 0 aliphatic carbocycles. The maximum absolute atomic E-state index is 12.1. The van der Waals surface area contributed by atoms with Gasteiger partial charge in [-0.2, -0.15) is 0 Å². The molecule has 126 valence electrons. The van der Waals surface area contributed by atoms with E-state index in [0.29, 0.717) is 27.1 Å². The minimum Gasteiger partial charge on any atom is -0.393 e.